The first-order valence-electron chi connectivity index (χ1n) is 12.3. The molecule has 1 saturated carbocycles. The topological polar surface area (TPSA) is 125 Å². The lowest BCUT2D eigenvalue weighted by molar-refractivity contribution is -0.127. The van der Waals surface area contributed by atoms with Gasteiger partial charge in [0.05, 0.1) is 18.8 Å². The Morgan fingerprint density at radius 3 is 2.69 bits per heavy atom. The number of nitrogens with zero attached hydrogens (tertiary/aromatic N) is 1. The molecule has 1 atom stereocenters. The Morgan fingerprint density at radius 2 is 1.94 bits per heavy atom. The van der Waals surface area contributed by atoms with E-state index in [4.69, 9.17) is 16.6 Å². The summed E-state index contributed by atoms with van der Waals surface area (Å²) in [6, 6.07) is 4.65. The van der Waals surface area contributed by atoms with Gasteiger partial charge in [-0.15, -0.1) is 0 Å². The van der Waals surface area contributed by atoms with Crippen molar-refractivity contribution in [2.24, 2.45) is 11.8 Å². The second kappa shape index (κ2) is 11.6. The SMILES string of the molecule is COC(=O)Nc1ccc2c(c1)NC(=O)CC/C=C/C[C@H](NC(=O)[C@H]1CC[C@H](C)CC1)c1nc-2c(Cl)[nH]1. The summed E-state index contributed by atoms with van der Waals surface area (Å²) in [6.45, 7) is 2.23. The van der Waals surface area contributed by atoms with Gasteiger partial charge in [-0.1, -0.05) is 30.7 Å². The van der Waals surface area contributed by atoms with Gasteiger partial charge >= 0.3 is 6.09 Å². The van der Waals surface area contributed by atoms with E-state index in [1.54, 1.807) is 18.2 Å². The molecule has 2 heterocycles. The number of allylic oxidation sites excluding steroid dienone is 1. The number of hydrogen-bond donors (Lipinski definition) is 4. The Labute approximate surface area is 215 Å². The third-order valence-corrected chi connectivity index (χ3v) is 7.04. The van der Waals surface area contributed by atoms with Crippen molar-refractivity contribution in [1.29, 1.82) is 0 Å². The Bertz CT molecular complexity index is 1150. The number of aromatic nitrogens is 2. The summed E-state index contributed by atoms with van der Waals surface area (Å²) in [6.07, 6.45) is 8.52. The number of benzene rings is 1. The van der Waals surface area contributed by atoms with Gasteiger partial charge in [0, 0.05) is 23.6 Å². The highest BCUT2D eigenvalue weighted by Crippen LogP contribution is 2.36. The highest BCUT2D eigenvalue weighted by Gasteiger charge is 2.28. The molecular formula is C26H32ClN5O4. The maximum Gasteiger partial charge on any atom is 0.411 e. The van der Waals surface area contributed by atoms with E-state index in [0.717, 1.165) is 25.7 Å². The highest BCUT2D eigenvalue weighted by molar-refractivity contribution is 6.32. The van der Waals surface area contributed by atoms with Crippen molar-refractivity contribution in [3.8, 4) is 11.3 Å². The van der Waals surface area contributed by atoms with Crippen LogP contribution >= 0.6 is 11.6 Å². The summed E-state index contributed by atoms with van der Waals surface area (Å²) in [5, 5.41) is 8.97. The monoisotopic (exact) mass is 513 g/mol. The Morgan fingerprint density at radius 1 is 1.17 bits per heavy atom. The number of carbonyl (C=O) groups excluding carboxylic acids is 3. The van der Waals surface area contributed by atoms with Crippen LogP contribution in [0.5, 0.6) is 0 Å². The van der Waals surface area contributed by atoms with E-state index in [2.05, 4.69) is 32.6 Å². The van der Waals surface area contributed by atoms with Crippen LogP contribution in [-0.4, -0.2) is 35.0 Å². The van der Waals surface area contributed by atoms with Gasteiger partial charge in [0.1, 0.15) is 16.7 Å². The van der Waals surface area contributed by atoms with Crippen molar-refractivity contribution in [2.75, 3.05) is 17.7 Å². The molecule has 0 saturated heterocycles. The summed E-state index contributed by atoms with van der Waals surface area (Å²) >= 11 is 6.58. The molecular weight excluding hydrogens is 482 g/mol. The minimum absolute atomic E-state index is 0.00273. The van der Waals surface area contributed by atoms with Crippen molar-refractivity contribution >= 4 is 40.9 Å². The Hall–Kier alpha value is -3.33. The number of halogens is 1. The standard InChI is InChI=1S/C26H32ClN5O4/c1-15-8-10-16(11-9-15)25(34)30-19-6-4-3-5-7-21(33)29-20-14-17(28-26(35)36-2)12-13-18(20)22-23(27)32-24(19)31-22/h3-4,12-16,19H,5-11H2,1-2H3,(H,28,35)(H,29,33)(H,30,34)(H,31,32)/b4-3+/t15-,16-,19-/m0/s1. The molecule has 10 heteroatoms. The van der Waals surface area contributed by atoms with Crippen LogP contribution in [0.15, 0.2) is 30.4 Å². The Kier molecular flexibility index (Phi) is 8.30. The number of fused-ring (bicyclic) bond motifs is 4. The molecule has 192 valence electrons. The second-order valence-electron chi connectivity index (χ2n) is 9.47. The van der Waals surface area contributed by atoms with Crippen LogP contribution in [0.4, 0.5) is 16.2 Å². The van der Waals surface area contributed by atoms with Gasteiger partial charge in [0.15, 0.2) is 0 Å². The fourth-order valence-corrected chi connectivity index (χ4v) is 4.88. The quantitative estimate of drug-likeness (QED) is 0.399. The molecule has 0 spiro atoms. The summed E-state index contributed by atoms with van der Waals surface area (Å²) < 4.78 is 4.66. The predicted molar refractivity (Wildman–Crippen MR) is 139 cm³/mol. The number of nitrogens with one attached hydrogen (secondary N) is 4. The van der Waals surface area contributed by atoms with Crippen LogP contribution in [0, 0.1) is 11.8 Å². The van der Waals surface area contributed by atoms with E-state index in [0.29, 0.717) is 52.4 Å². The zero-order valence-corrected chi connectivity index (χ0v) is 21.3. The number of imidazole rings is 1. The van der Waals surface area contributed by atoms with Gasteiger partial charge in [0.2, 0.25) is 11.8 Å². The molecule has 1 aromatic carbocycles. The minimum atomic E-state index is -0.623. The molecule has 0 radical (unpaired) electrons. The second-order valence-corrected chi connectivity index (χ2v) is 9.85. The smallest absolute Gasteiger partial charge is 0.411 e. The molecule has 1 aliphatic heterocycles. The van der Waals surface area contributed by atoms with Crippen LogP contribution in [0.1, 0.15) is 63.7 Å². The van der Waals surface area contributed by atoms with Crippen molar-refractivity contribution < 1.29 is 19.1 Å². The molecule has 36 heavy (non-hydrogen) atoms. The van der Waals surface area contributed by atoms with Crippen LogP contribution in [0.3, 0.4) is 0 Å². The number of methoxy groups -OCH3 is 1. The molecule has 4 N–H and O–H groups in total. The lowest BCUT2D eigenvalue weighted by atomic mass is 9.82. The molecule has 2 aliphatic rings. The first-order chi connectivity index (χ1) is 17.3. The maximum absolute atomic E-state index is 13.1. The largest absolute Gasteiger partial charge is 0.453 e. The van der Waals surface area contributed by atoms with Gasteiger partial charge in [0.25, 0.3) is 0 Å². The van der Waals surface area contributed by atoms with E-state index in [1.165, 1.54) is 7.11 Å². The summed E-state index contributed by atoms with van der Waals surface area (Å²) in [4.78, 5) is 45.2. The van der Waals surface area contributed by atoms with Gasteiger partial charge < -0.3 is 20.4 Å². The number of rotatable bonds is 3. The molecule has 1 fully saturated rings. The van der Waals surface area contributed by atoms with Gasteiger partial charge in [-0.05, 0) is 62.6 Å². The summed E-state index contributed by atoms with van der Waals surface area (Å²) in [5.41, 5.74) is 1.93. The van der Waals surface area contributed by atoms with E-state index in [9.17, 15) is 14.4 Å². The van der Waals surface area contributed by atoms with Crippen LogP contribution in [-0.2, 0) is 14.3 Å². The zero-order chi connectivity index (χ0) is 25.7. The molecule has 1 aromatic heterocycles. The van der Waals surface area contributed by atoms with Crippen molar-refractivity contribution in [3.05, 3.63) is 41.3 Å². The average Bonchev–Trinajstić information content (AvgIpc) is 3.24. The fraction of sp³-hybridized carbons (Fsp3) is 0.462. The fourth-order valence-electron chi connectivity index (χ4n) is 4.64. The van der Waals surface area contributed by atoms with E-state index in [1.807, 2.05) is 12.2 Å². The van der Waals surface area contributed by atoms with Gasteiger partial charge in [-0.3, -0.25) is 14.9 Å². The van der Waals surface area contributed by atoms with Gasteiger partial charge in [-0.2, -0.15) is 0 Å². The summed E-state index contributed by atoms with van der Waals surface area (Å²) in [7, 11) is 1.27. The number of hydrogen-bond acceptors (Lipinski definition) is 5. The van der Waals surface area contributed by atoms with Crippen molar-refractivity contribution in [1.82, 2.24) is 15.3 Å². The van der Waals surface area contributed by atoms with E-state index >= 15 is 0 Å². The highest BCUT2D eigenvalue weighted by atomic mass is 35.5. The molecule has 3 amide bonds. The number of aromatic amines is 1. The molecule has 1 aliphatic carbocycles. The van der Waals surface area contributed by atoms with E-state index < -0.39 is 6.09 Å². The average molecular weight is 514 g/mol. The lowest BCUT2D eigenvalue weighted by Gasteiger charge is -2.27. The maximum atomic E-state index is 13.1. The van der Waals surface area contributed by atoms with Crippen molar-refractivity contribution in [2.45, 2.75) is 57.9 Å². The van der Waals surface area contributed by atoms with Crippen LogP contribution in [0.25, 0.3) is 11.3 Å². The predicted octanol–water partition coefficient (Wildman–Crippen LogP) is 5.57. The van der Waals surface area contributed by atoms with Crippen molar-refractivity contribution in [3.63, 3.8) is 0 Å². The number of ether oxygens (including phenoxy) is 1. The molecule has 2 bridgehead atoms. The molecule has 4 rings (SSSR count). The van der Waals surface area contributed by atoms with E-state index in [-0.39, 0.29) is 30.2 Å². The third kappa shape index (κ3) is 6.26. The third-order valence-electron chi connectivity index (χ3n) is 6.77. The number of carbonyl (C=O) groups is 3. The number of amides is 3. The van der Waals surface area contributed by atoms with Crippen LogP contribution in [0.2, 0.25) is 5.15 Å². The van der Waals surface area contributed by atoms with Gasteiger partial charge in [-0.25, -0.2) is 9.78 Å². The first kappa shape index (κ1) is 25.8. The summed E-state index contributed by atoms with van der Waals surface area (Å²) in [5.74, 6) is 1.06. The van der Waals surface area contributed by atoms with Crippen LogP contribution < -0.4 is 16.0 Å². The Balaban J connectivity index is 1.66. The first-order valence-corrected chi connectivity index (χ1v) is 12.7. The normalized spacial score (nSPS) is 23.1. The molecule has 9 nitrogen and oxygen atoms in total. The molecule has 2 aromatic rings. The number of H-pyrrole nitrogens is 1. The molecule has 0 unspecified atom stereocenters. The number of anilines is 2. The zero-order valence-electron chi connectivity index (χ0n) is 20.5. The minimum Gasteiger partial charge on any atom is -0.453 e. The lowest BCUT2D eigenvalue weighted by Crippen LogP contribution is -2.36.